The zero-order chi connectivity index (χ0) is 20.3. The molecule has 4 rings (SSSR count). The fourth-order valence-corrected chi connectivity index (χ4v) is 7.61. The maximum absolute atomic E-state index is 12.5. The fraction of sp³-hybridized carbons (Fsp3) is 0.783. The van der Waals surface area contributed by atoms with Crippen LogP contribution in [-0.4, -0.2) is 64.9 Å². The number of carbonyl (C=O) groups excluding carboxylic acids is 3. The minimum atomic E-state index is -0.411. The molecule has 5 nitrogen and oxygen atoms in total. The number of allylic oxidation sites excluding steroid dienone is 1. The Labute approximate surface area is 195 Å². The molecule has 4 aliphatic rings. The molecule has 0 radical (unpaired) electrons. The number of hydrogen-bond acceptors (Lipinski definition) is 5. The Morgan fingerprint density at radius 3 is 2.59 bits per heavy atom. The van der Waals surface area contributed by atoms with E-state index < -0.39 is 6.61 Å². The third-order valence-electron chi connectivity index (χ3n) is 8.73. The van der Waals surface area contributed by atoms with Crippen molar-refractivity contribution in [3.05, 3.63) is 11.6 Å². The monoisotopic (exact) mass is 412 g/mol. The summed E-state index contributed by atoms with van der Waals surface area (Å²) in [6.45, 7) is 5.48. The number of esters is 1. The molecule has 0 aromatic carbocycles. The number of aliphatic hydroxyl groups is 1. The van der Waals surface area contributed by atoms with Gasteiger partial charge in [0.1, 0.15) is 12.7 Å². The Morgan fingerprint density at radius 1 is 1.21 bits per heavy atom. The second kappa shape index (κ2) is 8.22. The number of aliphatic hydroxyl groups excluding tert-OH is 1. The van der Waals surface area contributed by atoms with Gasteiger partial charge < -0.3 is 9.84 Å². The zero-order valence-corrected chi connectivity index (χ0v) is 17.2. The second-order valence-electron chi connectivity index (χ2n) is 10.0. The Kier molecular flexibility index (Phi) is 6.57. The van der Waals surface area contributed by atoms with Crippen molar-refractivity contribution >= 4 is 47.1 Å². The number of rotatable bonds is 3. The molecular formula is C23H33NaO5. The van der Waals surface area contributed by atoms with Crippen LogP contribution in [0, 0.1) is 34.5 Å². The van der Waals surface area contributed by atoms with Crippen molar-refractivity contribution in [2.75, 3.05) is 6.61 Å². The molecule has 0 aromatic rings. The SMILES string of the molecule is CC(=O)O[C@H]1C[C@]2(C)[C@@H](C(=O)CO)CC[C@H]2[C@@H]2CCC3=CC(=O)CC[C@]3(C)[C@H]21.[NaH]. The van der Waals surface area contributed by atoms with Crippen molar-refractivity contribution in [1.29, 1.82) is 0 Å². The molecule has 4 aliphatic carbocycles. The van der Waals surface area contributed by atoms with Gasteiger partial charge in [-0.3, -0.25) is 14.4 Å². The van der Waals surface area contributed by atoms with E-state index in [0.29, 0.717) is 24.7 Å². The van der Waals surface area contributed by atoms with Gasteiger partial charge >= 0.3 is 35.5 Å². The predicted octanol–water partition coefficient (Wildman–Crippen LogP) is 2.59. The number of carbonyl (C=O) groups is 3. The van der Waals surface area contributed by atoms with E-state index >= 15 is 0 Å². The summed E-state index contributed by atoms with van der Waals surface area (Å²) in [5, 5.41) is 9.49. The Balaban J connectivity index is 0.00000240. The molecule has 0 spiro atoms. The van der Waals surface area contributed by atoms with Gasteiger partial charge in [0.2, 0.25) is 0 Å². The summed E-state index contributed by atoms with van der Waals surface area (Å²) in [6.07, 6.45) is 7.37. The van der Waals surface area contributed by atoms with Crippen LogP contribution < -0.4 is 0 Å². The zero-order valence-electron chi connectivity index (χ0n) is 17.2. The molecule has 3 saturated carbocycles. The van der Waals surface area contributed by atoms with E-state index in [9.17, 15) is 19.5 Å². The first kappa shape index (κ1) is 23.2. The molecule has 1 N–H and O–H groups in total. The Bertz CT molecular complexity index is 746. The average Bonchev–Trinajstić information content (AvgIpc) is 2.97. The predicted molar refractivity (Wildman–Crippen MR) is 110 cm³/mol. The van der Waals surface area contributed by atoms with E-state index in [1.807, 2.05) is 6.08 Å². The summed E-state index contributed by atoms with van der Waals surface area (Å²) in [7, 11) is 0. The van der Waals surface area contributed by atoms with E-state index in [1.54, 1.807) is 0 Å². The fourth-order valence-electron chi connectivity index (χ4n) is 7.61. The van der Waals surface area contributed by atoms with Crippen LogP contribution in [0.5, 0.6) is 0 Å². The first-order chi connectivity index (χ1) is 13.2. The van der Waals surface area contributed by atoms with Crippen LogP contribution in [0.15, 0.2) is 11.6 Å². The number of Topliss-reactive ketones (excluding diaryl/α,β-unsaturated/α-hetero) is 1. The van der Waals surface area contributed by atoms with Crippen LogP contribution in [0.25, 0.3) is 0 Å². The molecule has 0 bridgehead atoms. The van der Waals surface area contributed by atoms with Gasteiger partial charge in [-0.2, -0.15) is 0 Å². The molecule has 6 heteroatoms. The van der Waals surface area contributed by atoms with Crippen molar-refractivity contribution in [2.45, 2.75) is 71.8 Å². The summed E-state index contributed by atoms with van der Waals surface area (Å²) in [6, 6.07) is 0. The third-order valence-corrected chi connectivity index (χ3v) is 8.73. The molecule has 0 saturated heterocycles. The van der Waals surface area contributed by atoms with Gasteiger partial charge in [0.15, 0.2) is 11.6 Å². The summed E-state index contributed by atoms with van der Waals surface area (Å²) < 4.78 is 5.91. The molecule has 0 amide bonds. The second-order valence-corrected chi connectivity index (χ2v) is 10.0. The minimum absolute atomic E-state index is 0. The molecule has 7 atom stereocenters. The first-order valence-corrected chi connectivity index (χ1v) is 10.8. The quantitative estimate of drug-likeness (QED) is 0.569. The molecular weight excluding hydrogens is 379 g/mol. The molecule has 0 aliphatic heterocycles. The van der Waals surface area contributed by atoms with Crippen molar-refractivity contribution in [2.24, 2.45) is 34.5 Å². The van der Waals surface area contributed by atoms with Crippen molar-refractivity contribution in [3.8, 4) is 0 Å². The summed E-state index contributed by atoms with van der Waals surface area (Å²) in [5.41, 5.74) is 0.882. The van der Waals surface area contributed by atoms with Gasteiger partial charge in [-0.05, 0) is 67.3 Å². The Hall–Kier alpha value is -0.490. The molecule has 0 aromatic heterocycles. The van der Waals surface area contributed by atoms with Crippen LogP contribution in [0.4, 0.5) is 0 Å². The van der Waals surface area contributed by atoms with Crippen LogP contribution >= 0.6 is 0 Å². The van der Waals surface area contributed by atoms with Gasteiger partial charge in [0, 0.05) is 25.2 Å². The van der Waals surface area contributed by atoms with E-state index in [0.717, 1.165) is 32.1 Å². The average molecular weight is 413 g/mol. The van der Waals surface area contributed by atoms with Crippen molar-refractivity contribution in [3.63, 3.8) is 0 Å². The molecule has 3 fully saturated rings. The van der Waals surface area contributed by atoms with Crippen LogP contribution in [-0.2, 0) is 19.1 Å². The first-order valence-electron chi connectivity index (χ1n) is 10.8. The van der Waals surface area contributed by atoms with E-state index in [4.69, 9.17) is 4.74 Å². The number of hydrogen-bond donors (Lipinski definition) is 1. The number of fused-ring (bicyclic) bond motifs is 5. The third kappa shape index (κ3) is 3.60. The van der Waals surface area contributed by atoms with Gasteiger partial charge in [0.25, 0.3) is 0 Å². The molecule has 29 heavy (non-hydrogen) atoms. The normalized spacial score (nSPS) is 43.2. The number of ketones is 2. The summed E-state index contributed by atoms with van der Waals surface area (Å²) >= 11 is 0. The van der Waals surface area contributed by atoms with Gasteiger partial charge in [-0.25, -0.2) is 0 Å². The Morgan fingerprint density at radius 2 is 1.93 bits per heavy atom. The molecule has 156 valence electrons. The van der Waals surface area contributed by atoms with E-state index in [1.165, 1.54) is 12.5 Å². The number of ether oxygens (including phenoxy) is 1. The van der Waals surface area contributed by atoms with Crippen LogP contribution in [0.1, 0.15) is 65.7 Å². The summed E-state index contributed by atoms with van der Waals surface area (Å²) in [4.78, 5) is 36.5. The van der Waals surface area contributed by atoms with Crippen molar-refractivity contribution < 1.29 is 24.2 Å². The van der Waals surface area contributed by atoms with Crippen LogP contribution in [0.2, 0.25) is 0 Å². The van der Waals surface area contributed by atoms with Gasteiger partial charge in [-0.15, -0.1) is 0 Å². The van der Waals surface area contributed by atoms with Gasteiger partial charge in [0.05, 0.1) is 0 Å². The maximum atomic E-state index is 12.5. The topological polar surface area (TPSA) is 80.7 Å². The van der Waals surface area contributed by atoms with E-state index in [-0.39, 0.29) is 75.9 Å². The molecule has 0 unspecified atom stereocenters. The standard InChI is InChI=1S/C23H32O5.Na.H/c1-13(25)28-20-11-23(3)17(6-7-18(23)19(27)12-24)16-5-4-14-10-15(26)8-9-22(14,2)21(16)20;;/h10,16-18,20-21,24H,4-9,11-12H2,1-3H3;;/t16-,17-,18+,20-,21+,22-,23-;;/m0../s1. The molecule has 0 heterocycles. The van der Waals surface area contributed by atoms with Gasteiger partial charge in [-0.1, -0.05) is 19.4 Å². The van der Waals surface area contributed by atoms with Crippen molar-refractivity contribution in [1.82, 2.24) is 0 Å². The van der Waals surface area contributed by atoms with Crippen LogP contribution in [0.3, 0.4) is 0 Å². The summed E-state index contributed by atoms with van der Waals surface area (Å²) in [5.74, 6) is 0.696. The van der Waals surface area contributed by atoms with E-state index in [2.05, 4.69) is 13.8 Å².